The van der Waals surface area contributed by atoms with Crippen LogP contribution in [0.1, 0.15) is 6.92 Å². The van der Waals surface area contributed by atoms with E-state index in [-0.39, 0.29) is 12.5 Å². The highest BCUT2D eigenvalue weighted by Gasteiger charge is 2.17. The minimum atomic E-state index is -0.337. The lowest BCUT2D eigenvalue weighted by Gasteiger charge is -2.08. The Labute approximate surface area is 125 Å². The molecule has 0 aliphatic carbocycles. The Morgan fingerprint density at radius 1 is 1.43 bits per heavy atom. The molecule has 3 aromatic rings. The first-order valence-electron chi connectivity index (χ1n) is 6.40. The summed E-state index contributed by atoms with van der Waals surface area (Å²) in [6.07, 6.45) is 1.24. The molecule has 0 saturated carbocycles. The smallest absolute Gasteiger partial charge is 0.325 e. The number of fused-ring (bicyclic) bond motifs is 1. The lowest BCUT2D eigenvalue weighted by atomic mass is 10.2. The molecule has 0 spiro atoms. The summed E-state index contributed by atoms with van der Waals surface area (Å²) in [4.78, 5) is 11.8. The molecule has 108 valence electrons. The summed E-state index contributed by atoms with van der Waals surface area (Å²) in [5.41, 5.74) is 1.46. The molecule has 0 bridgehead atoms. The van der Waals surface area contributed by atoms with Gasteiger partial charge in [-0.1, -0.05) is 17.7 Å². The summed E-state index contributed by atoms with van der Waals surface area (Å²) in [5, 5.41) is 9.08. The Bertz CT molecular complexity index is 780. The van der Waals surface area contributed by atoms with Gasteiger partial charge in [0.2, 0.25) is 6.39 Å². The van der Waals surface area contributed by atoms with Gasteiger partial charge in [-0.25, -0.2) is 0 Å². The lowest BCUT2D eigenvalue weighted by Crippen LogP contribution is -2.14. The van der Waals surface area contributed by atoms with Crippen LogP contribution in [0.5, 0.6) is 0 Å². The van der Waals surface area contributed by atoms with Crippen LogP contribution in [0.3, 0.4) is 0 Å². The molecule has 0 saturated heterocycles. The van der Waals surface area contributed by atoms with E-state index in [0.717, 1.165) is 10.9 Å². The number of ether oxygens (including phenoxy) is 1. The number of nitrogens with zero attached hydrogens (tertiary/aromatic N) is 3. The Balaban J connectivity index is 2.14. The molecule has 0 aliphatic rings. The summed E-state index contributed by atoms with van der Waals surface area (Å²) < 4.78 is 12.0. The van der Waals surface area contributed by atoms with Crippen molar-refractivity contribution < 1.29 is 13.9 Å². The number of hydrogen-bond donors (Lipinski definition) is 0. The Morgan fingerprint density at radius 2 is 2.29 bits per heavy atom. The first kappa shape index (κ1) is 13.6. The molecule has 0 radical (unpaired) electrons. The van der Waals surface area contributed by atoms with Crippen molar-refractivity contribution in [1.29, 1.82) is 0 Å². The van der Waals surface area contributed by atoms with Crippen molar-refractivity contribution in [3.8, 4) is 11.6 Å². The molecule has 2 aromatic heterocycles. The van der Waals surface area contributed by atoms with Crippen LogP contribution < -0.4 is 0 Å². The predicted molar refractivity (Wildman–Crippen MR) is 76.9 cm³/mol. The molecule has 3 rings (SSSR count). The monoisotopic (exact) mass is 305 g/mol. The van der Waals surface area contributed by atoms with E-state index in [9.17, 15) is 4.79 Å². The average Bonchev–Trinajstić information content (AvgIpc) is 3.07. The van der Waals surface area contributed by atoms with Crippen LogP contribution in [0, 0.1) is 0 Å². The van der Waals surface area contributed by atoms with E-state index in [0.29, 0.717) is 23.2 Å². The number of carbonyl (C=O) groups is 1. The maximum Gasteiger partial charge on any atom is 0.325 e. The summed E-state index contributed by atoms with van der Waals surface area (Å²) in [5.74, 6) is 0.00219. The van der Waals surface area contributed by atoms with E-state index in [4.69, 9.17) is 20.8 Å². The number of aromatic nitrogens is 3. The molecule has 7 heteroatoms. The molecule has 0 fully saturated rings. The third kappa shape index (κ3) is 2.62. The van der Waals surface area contributed by atoms with Gasteiger partial charge in [0, 0.05) is 10.4 Å². The number of esters is 1. The number of hydrogen-bond acceptors (Lipinski definition) is 5. The van der Waals surface area contributed by atoms with E-state index in [1.54, 1.807) is 23.6 Å². The Morgan fingerprint density at radius 3 is 3.00 bits per heavy atom. The molecule has 0 atom stereocenters. The van der Waals surface area contributed by atoms with Crippen LogP contribution in [0.2, 0.25) is 5.02 Å². The second-order valence-electron chi connectivity index (χ2n) is 4.37. The Hall–Kier alpha value is -2.34. The second kappa shape index (κ2) is 5.57. The highest BCUT2D eigenvalue weighted by atomic mass is 35.5. The first-order chi connectivity index (χ1) is 10.2. The molecule has 0 unspecified atom stereocenters. The summed E-state index contributed by atoms with van der Waals surface area (Å²) >= 11 is 6.04. The van der Waals surface area contributed by atoms with Crippen molar-refractivity contribution in [2.24, 2.45) is 0 Å². The van der Waals surface area contributed by atoms with Gasteiger partial charge in [-0.05, 0) is 25.1 Å². The minimum absolute atomic E-state index is 0.0510. The van der Waals surface area contributed by atoms with Crippen molar-refractivity contribution >= 4 is 28.5 Å². The fourth-order valence-corrected chi connectivity index (χ4v) is 2.36. The van der Waals surface area contributed by atoms with Gasteiger partial charge in [0.25, 0.3) is 5.89 Å². The topological polar surface area (TPSA) is 70.2 Å². The molecule has 1 aromatic carbocycles. The zero-order chi connectivity index (χ0) is 14.8. The SMILES string of the molecule is CCOC(=O)Cn1c(-c2nnco2)cc2ccc(Cl)cc21. The summed E-state index contributed by atoms with van der Waals surface area (Å²) in [6.45, 7) is 2.14. The number of rotatable bonds is 4. The maximum atomic E-state index is 11.8. The highest BCUT2D eigenvalue weighted by Crippen LogP contribution is 2.29. The van der Waals surface area contributed by atoms with Crippen LogP contribution in [-0.2, 0) is 16.1 Å². The van der Waals surface area contributed by atoms with Gasteiger partial charge in [-0.15, -0.1) is 10.2 Å². The third-order valence-electron chi connectivity index (χ3n) is 3.04. The fraction of sp³-hybridized carbons (Fsp3) is 0.214. The second-order valence-corrected chi connectivity index (χ2v) is 4.80. The minimum Gasteiger partial charge on any atom is -0.465 e. The highest BCUT2D eigenvalue weighted by molar-refractivity contribution is 6.31. The van der Waals surface area contributed by atoms with Gasteiger partial charge in [-0.2, -0.15) is 0 Å². The molecule has 0 N–H and O–H groups in total. The van der Waals surface area contributed by atoms with Crippen molar-refractivity contribution in [3.63, 3.8) is 0 Å². The van der Waals surface area contributed by atoms with Crippen LogP contribution in [0.25, 0.3) is 22.5 Å². The van der Waals surface area contributed by atoms with Gasteiger partial charge < -0.3 is 13.7 Å². The van der Waals surface area contributed by atoms with Crippen LogP contribution in [0.15, 0.2) is 35.1 Å². The standard InChI is InChI=1S/C14H12ClN3O3/c1-2-20-13(19)7-18-11-6-10(15)4-3-9(11)5-12(18)14-17-16-8-21-14/h3-6,8H,2,7H2,1H3. The molecule has 6 nitrogen and oxygen atoms in total. The van der Waals surface area contributed by atoms with Crippen LogP contribution in [-0.4, -0.2) is 27.3 Å². The van der Waals surface area contributed by atoms with Crippen molar-refractivity contribution in [1.82, 2.24) is 14.8 Å². The van der Waals surface area contributed by atoms with Crippen LogP contribution >= 0.6 is 11.6 Å². The fourth-order valence-electron chi connectivity index (χ4n) is 2.20. The first-order valence-corrected chi connectivity index (χ1v) is 6.77. The van der Waals surface area contributed by atoms with Gasteiger partial charge >= 0.3 is 5.97 Å². The predicted octanol–water partition coefficient (Wildman–Crippen LogP) is 2.91. The van der Waals surface area contributed by atoms with Gasteiger partial charge in [0.05, 0.1) is 12.1 Å². The quantitative estimate of drug-likeness (QED) is 0.693. The maximum absolute atomic E-state index is 11.8. The van der Waals surface area contributed by atoms with Crippen LogP contribution in [0.4, 0.5) is 0 Å². The third-order valence-corrected chi connectivity index (χ3v) is 3.27. The number of carbonyl (C=O) groups excluding carboxylic acids is 1. The van der Waals surface area contributed by atoms with E-state index in [1.165, 1.54) is 6.39 Å². The molecule has 2 heterocycles. The van der Waals surface area contributed by atoms with E-state index in [1.807, 2.05) is 12.1 Å². The molecule has 21 heavy (non-hydrogen) atoms. The normalized spacial score (nSPS) is 11.0. The van der Waals surface area contributed by atoms with E-state index >= 15 is 0 Å². The summed E-state index contributed by atoms with van der Waals surface area (Å²) in [7, 11) is 0. The van der Waals surface area contributed by atoms with E-state index < -0.39 is 0 Å². The molecular formula is C14H12ClN3O3. The van der Waals surface area contributed by atoms with Gasteiger partial charge in [0.15, 0.2) is 0 Å². The van der Waals surface area contributed by atoms with Crippen molar-refractivity contribution in [3.05, 3.63) is 35.7 Å². The zero-order valence-electron chi connectivity index (χ0n) is 11.2. The van der Waals surface area contributed by atoms with Crippen molar-refractivity contribution in [2.45, 2.75) is 13.5 Å². The molecular weight excluding hydrogens is 294 g/mol. The van der Waals surface area contributed by atoms with Crippen molar-refractivity contribution in [2.75, 3.05) is 6.61 Å². The molecule has 0 aliphatic heterocycles. The lowest BCUT2D eigenvalue weighted by molar-refractivity contribution is -0.143. The number of halogens is 1. The summed E-state index contributed by atoms with van der Waals surface area (Å²) in [6, 6.07) is 7.32. The van der Waals surface area contributed by atoms with Gasteiger partial charge in [-0.3, -0.25) is 4.79 Å². The van der Waals surface area contributed by atoms with E-state index in [2.05, 4.69) is 10.2 Å². The number of benzene rings is 1. The molecule has 0 amide bonds. The Kier molecular flexibility index (Phi) is 3.62. The largest absolute Gasteiger partial charge is 0.465 e. The average molecular weight is 306 g/mol. The zero-order valence-corrected chi connectivity index (χ0v) is 12.0. The van der Waals surface area contributed by atoms with Gasteiger partial charge in [0.1, 0.15) is 12.2 Å².